The average Bonchev–Trinajstić information content (AvgIpc) is 2.64. The van der Waals surface area contributed by atoms with E-state index in [1.807, 2.05) is 5.48 Å². The SMILES string of the molecule is Cc1cc(Nc2c(C(=O)NOC[C@H](O)CO)cc(Cl)c(F)c2F)ncc1I. The van der Waals surface area contributed by atoms with Crippen LogP contribution in [0.3, 0.4) is 0 Å². The number of hydrogen-bond acceptors (Lipinski definition) is 6. The summed E-state index contributed by atoms with van der Waals surface area (Å²) in [6.07, 6.45) is 0.317. The van der Waals surface area contributed by atoms with Crippen LogP contribution in [-0.4, -0.2) is 40.4 Å². The van der Waals surface area contributed by atoms with Gasteiger partial charge in [-0.15, -0.1) is 0 Å². The lowest BCUT2D eigenvalue weighted by atomic mass is 10.1. The molecular weight excluding hydrogens is 499 g/mol. The fourth-order valence-corrected chi connectivity index (χ4v) is 2.43. The van der Waals surface area contributed by atoms with E-state index in [2.05, 4.69) is 32.9 Å². The highest BCUT2D eigenvalue weighted by atomic mass is 127. The number of halogens is 4. The third-order valence-corrected chi connectivity index (χ3v) is 4.76. The van der Waals surface area contributed by atoms with E-state index in [0.717, 1.165) is 15.2 Å². The van der Waals surface area contributed by atoms with Crippen molar-refractivity contribution in [1.82, 2.24) is 10.5 Å². The number of anilines is 2. The van der Waals surface area contributed by atoms with Crippen LogP contribution in [0.25, 0.3) is 0 Å². The summed E-state index contributed by atoms with van der Waals surface area (Å²) < 4.78 is 29.2. The van der Waals surface area contributed by atoms with Crippen molar-refractivity contribution in [1.29, 1.82) is 0 Å². The first kappa shape index (κ1) is 21.7. The third-order valence-electron chi connectivity index (χ3n) is 3.36. The molecule has 7 nitrogen and oxygen atoms in total. The summed E-state index contributed by atoms with van der Waals surface area (Å²) >= 11 is 7.71. The van der Waals surface area contributed by atoms with E-state index in [-0.39, 0.29) is 11.4 Å². The highest BCUT2D eigenvalue weighted by Crippen LogP contribution is 2.31. The molecule has 0 radical (unpaired) electrons. The van der Waals surface area contributed by atoms with Gasteiger partial charge in [-0.2, -0.15) is 0 Å². The average molecular weight is 514 g/mol. The van der Waals surface area contributed by atoms with Crippen LogP contribution in [0, 0.1) is 22.1 Å². The summed E-state index contributed by atoms with van der Waals surface area (Å²) in [5.41, 5.74) is 1.99. The van der Waals surface area contributed by atoms with Gasteiger partial charge in [0.05, 0.1) is 22.9 Å². The van der Waals surface area contributed by atoms with Crippen LogP contribution in [0.2, 0.25) is 5.02 Å². The van der Waals surface area contributed by atoms with E-state index in [9.17, 15) is 18.7 Å². The van der Waals surface area contributed by atoms with E-state index < -0.39 is 47.6 Å². The van der Waals surface area contributed by atoms with Crippen LogP contribution in [0.4, 0.5) is 20.3 Å². The Morgan fingerprint density at radius 3 is 2.74 bits per heavy atom. The molecule has 4 N–H and O–H groups in total. The van der Waals surface area contributed by atoms with Crippen molar-refractivity contribution >= 4 is 51.6 Å². The first-order chi connectivity index (χ1) is 12.7. The molecule has 0 unspecified atom stereocenters. The van der Waals surface area contributed by atoms with Crippen molar-refractivity contribution in [2.75, 3.05) is 18.5 Å². The second kappa shape index (κ2) is 9.55. The summed E-state index contributed by atoms with van der Waals surface area (Å²) in [4.78, 5) is 21.1. The van der Waals surface area contributed by atoms with Crippen molar-refractivity contribution < 1.29 is 28.6 Å². The van der Waals surface area contributed by atoms with Crippen LogP contribution in [-0.2, 0) is 4.84 Å². The number of nitrogens with one attached hydrogen (secondary N) is 2. The lowest BCUT2D eigenvalue weighted by Gasteiger charge is -2.15. The maximum absolute atomic E-state index is 14.4. The molecule has 0 fully saturated rings. The van der Waals surface area contributed by atoms with Crippen LogP contribution in [0.5, 0.6) is 0 Å². The molecule has 1 aromatic carbocycles. The topological polar surface area (TPSA) is 104 Å². The van der Waals surface area contributed by atoms with Crippen LogP contribution in [0.15, 0.2) is 18.3 Å². The van der Waals surface area contributed by atoms with Crippen molar-refractivity contribution in [2.45, 2.75) is 13.0 Å². The fourth-order valence-electron chi connectivity index (χ4n) is 1.94. The number of carbonyl (C=O) groups excluding carboxylic acids is 1. The summed E-state index contributed by atoms with van der Waals surface area (Å²) in [5.74, 6) is -3.43. The predicted molar refractivity (Wildman–Crippen MR) is 103 cm³/mol. The molecule has 1 aromatic heterocycles. The summed E-state index contributed by atoms with van der Waals surface area (Å²) in [5, 5.41) is 19.9. The number of aryl methyl sites for hydroxylation is 1. The molecule has 146 valence electrons. The number of carbonyl (C=O) groups is 1. The highest BCUT2D eigenvalue weighted by molar-refractivity contribution is 14.1. The number of aliphatic hydroxyl groups excluding tert-OH is 2. The zero-order chi connectivity index (χ0) is 20.1. The molecule has 0 aliphatic carbocycles. The number of rotatable bonds is 7. The molecular formula is C16H15ClF2IN3O4. The van der Waals surface area contributed by atoms with Gasteiger partial charge >= 0.3 is 0 Å². The summed E-state index contributed by atoms with van der Waals surface area (Å²) in [6, 6.07) is 2.53. The van der Waals surface area contributed by atoms with Gasteiger partial charge in [0.15, 0.2) is 11.6 Å². The monoisotopic (exact) mass is 513 g/mol. The van der Waals surface area contributed by atoms with Gasteiger partial charge in [-0.05, 0) is 47.2 Å². The molecule has 0 bridgehead atoms. The second-order valence-electron chi connectivity index (χ2n) is 5.43. The van der Waals surface area contributed by atoms with Gasteiger partial charge in [0, 0.05) is 9.77 Å². The minimum Gasteiger partial charge on any atom is -0.394 e. The molecule has 0 saturated carbocycles. The number of hydrogen-bond donors (Lipinski definition) is 4. The quantitative estimate of drug-likeness (QED) is 0.258. The smallest absolute Gasteiger partial charge is 0.277 e. The maximum atomic E-state index is 14.4. The Balaban J connectivity index is 2.33. The highest BCUT2D eigenvalue weighted by Gasteiger charge is 2.23. The molecule has 2 aromatic rings. The van der Waals surface area contributed by atoms with Crippen LogP contribution >= 0.6 is 34.2 Å². The number of benzene rings is 1. The third kappa shape index (κ3) is 5.45. The molecule has 11 heteroatoms. The Bertz CT molecular complexity index is 857. The molecule has 0 aliphatic heterocycles. The Kier molecular flexibility index (Phi) is 7.68. The largest absolute Gasteiger partial charge is 0.394 e. The van der Waals surface area contributed by atoms with Gasteiger partial charge < -0.3 is 15.5 Å². The Morgan fingerprint density at radius 1 is 1.41 bits per heavy atom. The minimum absolute atomic E-state index is 0.194. The molecule has 1 heterocycles. The van der Waals surface area contributed by atoms with Crippen LogP contribution in [0.1, 0.15) is 15.9 Å². The molecule has 0 spiro atoms. The number of amides is 1. The predicted octanol–water partition coefficient (Wildman–Crippen LogP) is 2.68. The normalized spacial score (nSPS) is 12.0. The molecule has 0 saturated heterocycles. The standard InChI is InChI=1S/C16H15ClF2IN3O4/c1-7-2-12(21-4-11(7)20)22-15-9(3-10(17)13(18)14(15)19)16(26)23-27-6-8(25)5-24/h2-4,8,24-25H,5-6H2,1H3,(H,21,22)(H,23,26)/t8-/m1/s1. The van der Waals surface area contributed by atoms with Crippen molar-refractivity contribution in [2.24, 2.45) is 0 Å². The second-order valence-corrected chi connectivity index (χ2v) is 7.00. The summed E-state index contributed by atoms with van der Waals surface area (Å²) in [6.45, 7) is 0.832. The van der Waals surface area contributed by atoms with Crippen molar-refractivity contribution in [3.63, 3.8) is 0 Å². The zero-order valence-corrected chi connectivity index (χ0v) is 16.8. The first-order valence-corrected chi connectivity index (χ1v) is 8.98. The maximum Gasteiger partial charge on any atom is 0.277 e. The summed E-state index contributed by atoms with van der Waals surface area (Å²) in [7, 11) is 0. The Morgan fingerprint density at radius 2 is 2.11 bits per heavy atom. The fraction of sp³-hybridized carbons (Fsp3) is 0.250. The van der Waals surface area contributed by atoms with Crippen molar-refractivity contribution in [3.05, 3.63) is 49.7 Å². The van der Waals surface area contributed by atoms with Gasteiger partial charge in [-0.25, -0.2) is 19.2 Å². The number of aliphatic hydroxyl groups is 2. The lowest BCUT2D eigenvalue weighted by molar-refractivity contribution is -0.0295. The van der Waals surface area contributed by atoms with Gasteiger partial charge in [0.1, 0.15) is 18.5 Å². The number of hydroxylamine groups is 1. The number of pyridine rings is 1. The van der Waals surface area contributed by atoms with E-state index in [4.69, 9.17) is 21.5 Å². The van der Waals surface area contributed by atoms with E-state index in [1.54, 1.807) is 13.0 Å². The number of nitrogens with zero attached hydrogens (tertiary/aromatic N) is 1. The molecule has 1 amide bonds. The van der Waals surface area contributed by atoms with Gasteiger partial charge in [-0.1, -0.05) is 11.6 Å². The van der Waals surface area contributed by atoms with Gasteiger partial charge in [-0.3, -0.25) is 9.63 Å². The Hall–Kier alpha value is -1.60. The van der Waals surface area contributed by atoms with E-state index in [0.29, 0.717) is 0 Å². The van der Waals surface area contributed by atoms with Gasteiger partial charge in [0.25, 0.3) is 5.91 Å². The minimum atomic E-state index is -1.36. The molecule has 2 rings (SSSR count). The van der Waals surface area contributed by atoms with Crippen molar-refractivity contribution in [3.8, 4) is 0 Å². The molecule has 0 aliphatic rings. The lowest BCUT2D eigenvalue weighted by Crippen LogP contribution is -2.30. The Labute approximate surface area is 171 Å². The number of aromatic nitrogens is 1. The van der Waals surface area contributed by atoms with Gasteiger partial charge in [0.2, 0.25) is 0 Å². The van der Waals surface area contributed by atoms with E-state index >= 15 is 0 Å². The van der Waals surface area contributed by atoms with E-state index in [1.165, 1.54) is 6.20 Å². The zero-order valence-electron chi connectivity index (χ0n) is 13.9. The molecule has 27 heavy (non-hydrogen) atoms. The van der Waals surface area contributed by atoms with Crippen LogP contribution < -0.4 is 10.8 Å². The molecule has 1 atom stereocenters. The first-order valence-electron chi connectivity index (χ1n) is 7.52.